The van der Waals surface area contributed by atoms with E-state index in [2.05, 4.69) is 20.8 Å². The summed E-state index contributed by atoms with van der Waals surface area (Å²) in [5, 5.41) is 13.0. The van der Waals surface area contributed by atoms with Gasteiger partial charge in [0.15, 0.2) is 5.76 Å². The summed E-state index contributed by atoms with van der Waals surface area (Å²) < 4.78 is 6.42. The Bertz CT molecular complexity index is 689. The summed E-state index contributed by atoms with van der Waals surface area (Å²) in [6, 6.07) is 2.86. The molecule has 4 N–H and O–H groups in total. The summed E-state index contributed by atoms with van der Waals surface area (Å²) in [6.45, 7) is 5.45. The molecule has 9 nitrogen and oxygen atoms in total. The number of nitrogens with zero attached hydrogens (tertiary/aromatic N) is 3. The zero-order valence-electron chi connectivity index (χ0n) is 13.0. The number of nitrogen functional groups attached to an aromatic ring is 1. The second kappa shape index (κ2) is 6.73. The van der Waals surface area contributed by atoms with Crippen molar-refractivity contribution in [1.29, 1.82) is 0 Å². The largest absolute Gasteiger partial charge is 0.461 e. The molecule has 2 aromatic rings. The highest BCUT2D eigenvalue weighted by atomic mass is 32.2. The Morgan fingerprint density at radius 3 is 2.74 bits per heavy atom. The third-order valence-electron chi connectivity index (χ3n) is 2.48. The highest BCUT2D eigenvalue weighted by Gasteiger charge is 2.18. The summed E-state index contributed by atoms with van der Waals surface area (Å²) in [6.07, 6.45) is 1.50. The van der Waals surface area contributed by atoms with Gasteiger partial charge in [-0.1, -0.05) is 11.8 Å². The van der Waals surface area contributed by atoms with Gasteiger partial charge in [-0.15, -0.1) is 10.2 Å². The predicted octanol–water partition coefficient (Wildman–Crippen LogP) is 0.968. The van der Waals surface area contributed by atoms with Crippen molar-refractivity contribution in [3.63, 3.8) is 0 Å². The molecule has 0 aliphatic heterocycles. The Labute approximate surface area is 137 Å². The van der Waals surface area contributed by atoms with Crippen LogP contribution in [0.2, 0.25) is 0 Å². The van der Waals surface area contributed by atoms with Gasteiger partial charge in [-0.25, -0.2) is 9.47 Å². The third kappa shape index (κ3) is 4.74. The maximum absolute atomic E-state index is 11.7. The van der Waals surface area contributed by atoms with Crippen molar-refractivity contribution in [2.24, 2.45) is 0 Å². The molecule has 0 saturated carbocycles. The van der Waals surface area contributed by atoms with E-state index in [1.807, 2.05) is 20.8 Å². The molecule has 2 aromatic heterocycles. The molecule has 124 valence electrons. The van der Waals surface area contributed by atoms with Crippen LogP contribution < -0.4 is 16.5 Å². The van der Waals surface area contributed by atoms with Crippen LogP contribution in [0.15, 0.2) is 28.0 Å². The molecule has 0 spiro atoms. The Morgan fingerprint density at radius 1 is 1.39 bits per heavy atom. The fraction of sp³-hybridized carbons (Fsp3) is 0.385. The number of amides is 3. The number of rotatable bonds is 4. The number of carbonyl (C=O) groups is 2. The number of carbonyl (C=O) groups excluding carboxylic acids is 2. The van der Waals surface area contributed by atoms with E-state index in [1.165, 1.54) is 10.9 Å². The van der Waals surface area contributed by atoms with Crippen LogP contribution in [0.4, 0.5) is 4.79 Å². The number of hydrogen-bond acceptors (Lipinski definition) is 7. The molecule has 0 bridgehead atoms. The van der Waals surface area contributed by atoms with Crippen molar-refractivity contribution in [3.05, 3.63) is 18.4 Å². The highest BCUT2D eigenvalue weighted by molar-refractivity contribution is 7.99. The molecule has 10 heteroatoms. The van der Waals surface area contributed by atoms with Gasteiger partial charge in [0.25, 0.3) is 0 Å². The standard InChI is InChI=1S/C13H18N6O3S/c1-13(2,3)16-11(21)15-9(20)7-23-12-18-17-10(19(12)14)8-5-4-6-22-8/h4-6H,7,14H2,1-3H3,(H2,15,16,20,21). The Hall–Kier alpha value is -2.49. The first kappa shape index (κ1) is 16.9. The first-order valence-corrected chi connectivity index (χ1v) is 7.74. The number of hydrogen-bond donors (Lipinski definition) is 3. The lowest BCUT2D eigenvalue weighted by atomic mass is 10.1. The second-order valence-electron chi connectivity index (χ2n) is 5.69. The molecule has 0 fully saturated rings. The molecule has 0 aliphatic rings. The summed E-state index contributed by atoms with van der Waals surface area (Å²) in [4.78, 5) is 23.3. The van der Waals surface area contributed by atoms with Crippen LogP contribution in [-0.4, -0.2) is 38.1 Å². The third-order valence-corrected chi connectivity index (χ3v) is 3.42. The second-order valence-corrected chi connectivity index (χ2v) is 6.64. The Kier molecular flexibility index (Phi) is 4.94. The fourth-order valence-corrected chi connectivity index (χ4v) is 2.27. The minimum absolute atomic E-state index is 0.0228. The predicted molar refractivity (Wildman–Crippen MR) is 85.0 cm³/mol. The molecule has 23 heavy (non-hydrogen) atoms. The molecule has 2 rings (SSSR count). The number of nitrogens with one attached hydrogen (secondary N) is 2. The van der Waals surface area contributed by atoms with Crippen molar-refractivity contribution < 1.29 is 14.0 Å². The van der Waals surface area contributed by atoms with E-state index in [0.717, 1.165) is 11.8 Å². The first-order chi connectivity index (χ1) is 10.8. The van der Waals surface area contributed by atoms with Gasteiger partial charge in [0, 0.05) is 5.54 Å². The van der Waals surface area contributed by atoms with Crippen LogP contribution in [0.3, 0.4) is 0 Å². The minimum atomic E-state index is -0.548. The average molecular weight is 338 g/mol. The SMILES string of the molecule is CC(C)(C)NC(=O)NC(=O)CSc1nnc(-c2ccco2)n1N. The van der Waals surface area contributed by atoms with Crippen LogP contribution >= 0.6 is 11.8 Å². The van der Waals surface area contributed by atoms with Crippen LogP contribution in [0.25, 0.3) is 11.6 Å². The lowest BCUT2D eigenvalue weighted by Gasteiger charge is -2.20. The van der Waals surface area contributed by atoms with E-state index in [0.29, 0.717) is 16.7 Å². The van der Waals surface area contributed by atoms with Gasteiger partial charge in [-0.2, -0.15) is 0 Å². The molecule has 0 aromatic carbocycles. The van der Waals surface area contributed by atoms with E-state index in [9.17, 15) is 9.59 Å². The molecular formula is C13H18N6O3S. The van der Waals surface area contributed by atoms with Crippen molar-refractivity contribution in [3.8, 4) is 11.6 Å². The van der Waals surface area contributed by atoms with Crippen molar-refractivity contribution in [1.82, 2.24) is 25.5 Å². The summed E-state index contributed by atoms with van der Waals surface area (Å²) >= 11 is 1.06. The molecule has 0 atom stereocenters. The minimum Gasteiger partial charge on any atom is -0.461 e. The molecule has 0 unspecified atom stereocenters. The van der Waals surface area contributed by atoms with Gasteiger partial charge in [-0.05, 0) is 32.9 Å². The first-order valence-electron chi connectivity index (χ1n) is 6.75. The van der Waals surface area contributed by atoms with Gasteiger partial charge >= 0.3 is 6.03 Å². The summed E-state index contributed by atoms with van der Waals surface area (Å²) in [5.74, 6) is 6.21. The zero-order chi connectivity index (χ0) is 17.0. The molecule has 0 saturated heterocycles. The lowest BCUT2D eigenvalue weighted by molar-refractivity contribution is -0.117. The number of thioether (sulfide) groups is 1. The average Bonchev–Trinajstić information content (AvgIpc) is 3.03. The smallest absolute Gasteiger partial charge is 0.321 e. The number of furan rings is 1. The number of aromatic nitrogens is 3. The fourth-order valence-electron chi connectivity index (χ4n) is 1.61. The maximum atomic E-state index is 11.7. The Morgan fingerprint density at radius 2 is 2.13 bits per heavy atom. The van der Waals surface area contributed by atoms with Crippen LogP contribution in [0.1, 0.15) is 20.8 Å². The van der Waals surface area contributed by atoms with E-state index in [-0.39, 0.29) is 5.75 Å². The summed E-state index contributed by atoms with van der Waals surface area (Å²) in [5.41, 5.74) is -0.424. The van der Waals surface area contributed by atoms with E-state index >= 15 is 0 Å². The normalized spacial score (nSPS) is 11.3. The van der Waals surface area contributed by atoms with Crippen molar-refractivity contribution >= 4 is 23.7 Å². The lowest BCUT2D eigenvalue weighted by Crippen LogP contribution is -2.48. The molecular weight excluding hydrogens is 320 g/mol. The van der Waals surface area contributed by atoms with Gasteiger partial charge in [0.2, 0.25) is 16.9 Å². The van der Waals surface area contributed by atoms with E-state index in [4.69, 9.17) is 10.3 Å². The molecule has 0 radical (unpaired) electrons. The van der Waals surface area contributed by atoms with Gasteiger partial charge in [0.05, 0.1) is 12.0 Å². The molecule has 3 amide bonds. The zero-order valence-corrected chi connectivity index (χ0v) is 13.8. The van der Waals surface area contributed by atoms with E-state index < -0.39 is 17.5 Å². The quantitative estimate of drug-likeness (QED) is 0.559. The maximum Gasteiger partial charge on any atom is 0.321 e. The van der Waals surface area contributed by atoms with E-state index in [1.54, 1.807) is 12.1 Å². The van der Waals surface area contributed by atoms with Gasteiger partial charge in [0.1, 0.15) is 0 Å². The molecule has 0 aliphatic carbocycles. The monoisotopic (exact) mass is 338 g/mol. The summed E-state index contributed by atoms with van der Waals surface area (Å²) in [7, 11) is 0. The van der Waals surface area contributed by atoms with Gasteiger partial charge in [-0.3, -0.25) is 10.1 Å². The van der Waals surface area contributed by atoms with Crippen LogP contribution in [0, 0.1) is 0 Å². The number of imide groups is 1. The highest BCUT2D eigenvalue weighted by Crippen LogP contribution is 2.21. The van der Waals surface area contributed by atoms with Crippen molar-refractivity contribution in [2.75, 3.05) is 11.6 Å². The Balaban J connectivity index is 1.89. The van der Waals surface area contributed by atoms with Gasteiger partial charge < -0.3 is 15.6 Å². The number of urea groups is 1. The van der Waals surface area contributed by atoms with Crippen molar-refractivity contribution in [2.45, 2.75) is 31.5 Å². The van der Waals surface area contributed by atoms with Crippen LogP contribution in [0.5, 0.6) is 0 Å². The molecule has 2 heterocycles. The topological polar surface area (TPSA) is 128 Å². The van der Waals surface area contributed by atoms with Crippen LogP contribution in [-0.2, 0) is 4.79 Å². The number of nitrogens with two attached hydrogens (primary N) is 1.